The lowest BCUT2D eigenvalue weighted by molar-refractivity contribution is 0.119. The van der Waals surface area contributed by atoms with E-state index in [0.29, 0.717) is 6.04 Å². The first-order valence-electron chi connectivity index (χ1n) is 7.08. The molecule has 1 saturated carbocycles. The topological polar surface area (TPSA) is 38.5 Å². The fourth-order valence-electron chi connectivity index (χ4n) is 3.03. The quantitative estimate of drug-likeness (QED) is 0.695. The van der Waals surface area contributed by atoms with Crippen LogP contribution in [0.4, 0.5) is 0 Å². The summed E-state index contributed by atoms with van der Waals surface area (Å²) in [6.45, 7) is 5.11. The van der Waals surface area contributed by atoms with E-state index in [4.69, 9.17) is 10.5 Å². The fourth-order valence-corrected chi connectivity index (χ4v) is 3.03. The Morgan fingerprint density at radius 3 is 2.47 bits per heavy atom. The van der Waals surface area contributed by atoms with Crippen LogP contribution in [-0.2, 0) is 4.74 Å². The minimum absolute atomic E-state index is 0.569. The van der Waals surface area contributed by atoms with Gasteiger partial charge in [-0.3, -0.25) is 0 Å². The molecule has 0 aromatic carbocycles. The number of likely N-dealkylation sites (N-methyl/N-ethyl adjacent to an activating group) is 1. The summed E-state index contributed by atoms with van der Waals surface area (Å²) in [7, 11) is 3.98. The third-order valence-corrected chi connectivity index (χ3v) is 4.27. The Bertz CT molecular complexity index is 191. The van der Waals surface area contributed by atoms with Gasteiger partial charge in [0.2, 0.25) is 0 Å². The molecule has 1 aliphatic carbocycles. The first-order chi connectivity index (χ1) is 8.19. The molecular formula is C14H30N2O. The molecule has 102 valence electrons. The number of nitrogens with zero attached hydrogens (tertiary/aromatic N) is 1. The van der Waals surface area contributed by atoms with Gasteiger partial charge in [-0.25, -0.2) is 0 Å². The summed E-state index contributed by atoms with van der Waals surface area (Å²) in [6, 6.07) is 0.569. The Morgan fingerprint density at radius 2 is 1.94 bits per heavy atom. The van der Waals surface area contributed by atoms with Crippen LogP contribution in [0, 0.1) is 11.8 Å². The van der Waals surface area contributed by atoms with Crippen molar-refractivity contribution >= 4 is 0 Å². The highest BCUT2D eigenvalue weighted by Crippen LogP contribution is 2.31. The molecule has 0 aliphatic heterocycles. The Hall–Kier alpha value is -0.120. The SMILES string of the molecule is COCCCN(C)C(CN)C1CCC(C)CC1. The fraction of sp³-hybridized carbons (Fsp3) is 1.00. The zero-order chi connectivity index (χ0) is 12.7. The van der Waals surface area contributed by atoms with Crippen LogP contribution < -0.4 is 5.73 Å². The smallest absolute Gasteiger partial charge is 0.0474 e. The lowest BCUT2D eigenvalue weighted by Crippen LogP contribution is -2.45. The van der Waals surface area contributed by atoms with E-state index < -0.39 is 0 Å². The van der Waals surface area contributed by atoms with Crippen LogP contribution in [0.3, 0.4) is 0 Å². The van der Waals surface area contributed by atoms with Crippen molar-refractivity contribution in [1.82, 2.24) is 4.90 Å². The van der Waals surface area contributed by atoms with Gasteiger partial charge in [0.1, 0.15) is 0 Å². The van der Waals surface area contributed by atoms with Crippen LogP contribution >= 0.6 is 0 Å². The van der Waals surface area contributed by atoms with Crippen molar-refractivity contribution in [3.05, 3.63) is 0 Å². The van der Waals surface area contributed by atoms with Crippen molar-refractivity contribution in [1.29, 1.82) is 0 Å². The summed E-state index contributed by atoms with van der Waals surface area (Å²) in [5, 5.41) is 0. The molecule has 3 heteroatoms. The molecule has 0 saturated heterocycles. The summed E-state index contributed by atoms with van der Waals surface area (Å²) in [5.41, 5.74) is 5.97. The Kier molecular flexibility index (Phi) is 7.09. The molecule has 1 aliphatic rings. The molecule has 0 aromatic rings. The van der Waals surface area contributed by atoms with E-state index in [1.54, 1.807) is 7.11 Å². The lowest BCUT2D eigenvalue weighted by atomic mass is 9.79. The van der Waals surface area contributed by atoms with Gasteiger partial charge in [0.05, 0.1) is 0 Å². The maximum atomic E-state index is 5.97. The molecule has 0 radical (unpaired) electrons. The van der Waals surface area contributed by atoms with Gasteiger partial charge in [-0.2, -0.15) is 0 Å². The second-order valence-corrected chi connectivity index (χ2v) is 5.65. The number of nitrogens with two attached hydrogens (primary N) is 1. The van der Waals surface area contributed by atoms with Gasteiger partial charge >= 0.3 is 0 Å². The Balaban J connectivity index is 2.35. The predicted molar refractivity (Wildman–Crippen MR) is 73.1 cm³/mol. The molecule has 0 aromatic heterocycles. The van der Waals surface area contributed by atoms with Gasteiger partial charge in [-0.1, -0.05) is 19.8 Å². The Morgan fingerprint density at radius 1 is 1.29 bits per heavy atom. The minimum atomic E-state index is 0.569. The second kappa shape index (κ2) is 8.06. The van der Waals surface area contributed by atoms with Crippen LogP contribution in [-0.4, -0.2) is 44.8 Å². The van der Waals surface area contributed by atoms with Gasteiger partial charge in [0.25, 0.3) is 0 Å². The molecule has 1 atom stereocenters. The highest BCUT2D eigenvalue weighted by atomic mass is 16.5. The zero-order valence-electron chi connectivity index (χ0n) is 11.8. The van der Waals surface area contributed by atoms with Crippen molar-refractivity contribution in [2.75, 3.05) is 33.9 Å². The normalized spacial score (nSPS) is 27.4. The van der Waals surface area contributed by atoms with Crippen molar-refractivity contribution in [2.24, 2.45) is 17.6 Å². The van der Waals surface area contributed by atoms with Crippen molar-refractivity contribution in [3.8, 4) is 0 Å². The summed E-state index contributed by atoms with van der Waals surface area (Å²) < 4.78 is 5.11. The van der Waals surface area contributed by atoms with Crippen molar-refractivity contribution < 1.29 is 4.74 Å². The maximum absolute atomic E-state index is 5.97. The third-order valence-electron chi connectivity index (χ3n) is 4.27. The van der Waals surface area contributed by atoms with E-state index in [2.05, 4.69) is 18.9 Å². The van der Waals surface area contributed by atoms with E-state index in [-0.39, 0.29) is 0 Å². The molecule has 0 spiro atoms. The highest BCUT2D eigenvalue weighted by molar-refractivity contribution is 4.82. The lowest BCUT2D eigenvalue weighted by Gasteiger charge is -2.37. The zero-order valence-corrected chi connectivity index (χ0v) is 11.8. The number of hydrogen-bond acceptors (Lipinski definition) is 3. The predicted octanol–water partition coefficient (Wildman–Crippen LogP) is 2.11. The molecule has 0 bridgehead atoms. The Labute approximate surface area is 107 Å². The first-order valence-corrected chi connectivity index (χ1v) is 7.08. The van der Waals surface area contributed by atoms with Gasteiger partial charge in [0, 0.05) is 32.8 Å². The minimum Gasteiger partial charge on any atom is -0.385 e. The van der Waals surface area contributed by atoms with Crippen LogP contribution in [0.1, 0.15) is 39.0 Å². The average molecular weight is 242 g/mol. The number of hydrogen-bond donors (Lipinski definition) is 1. The summed E-state index contributed by atoms with van der Waals surface area (Å²) >= 11 is 0. The summed E-state index contributed by atoms with van der Waals surface area (Å²) in [6.07, 6.45) is 6.59. The molecule has 1 unspecified atom stereocenters. The number of rotatable bonds is 7. The molecular weight excluding hydrogens is 212 g/mol. The standard InChI is InChI=1S/C14H30N2O/c1-12-5-7-13(8-6-12)14(11-15)16(2)9-4-10-17-3/h12-14H,4-11,15H2,1-3H3. The molecule has 0 heterocycles. The molecule has 17 heavy (non-hydrogen) atoms. The monoisotopic (exact) mass is 242 g/mol. The third kappa shape index (κ3) is 4.94. The van der Waals surface area contributed by atoms with Crippen LogP contribution in [0.2, 0.25) is 0 Å². The van der Waals surface area contributed by atoms with E-state index in [9.17, 15) is 0 Å². The van der Waals surface area contributed by atoms with E-state index in [1.807, 2.05) is 0 Å². The number of ether oxygens (including phenoxy) is 1. The number of methoxy groups -OCH3 is 1. The first kappa shape index (κ1) is 14.9. The van der Waals surface area contributed by atoms with Gasteiger partial charge < -0.3 is 15.4 Å². The van der Waals surface area contributed by atoms with Crippen LogP contribution in [0.25, 0.3) is 0 Å². The maximum Gasteiger partial charge on any atom is 0.0474 e. The molecule has 0 amide bonds. The van der Waals surface area contributed by atoms with Crippen LogP contribution in [0.5, 0.6) is 0 Å². The van der Waals surface area contributed by atoms with Crippen molar-refractivity contribution in [2.45, 2.75) is 45.1 Å². The van der Waals surface area contributed by atoms with Crippen molar-refractivity contribution in [3.63, 3.8) is 0 Å². The summed E-state index contributed by atoms with van der Waals surface area (Å²) in [4.78, 5) is 2.44. The largest absolute Gasteiger partial charge is 0.385 e. The molecule has 2 N–H and O–H groups in total. The van der Waals surface area contributed by atoms with Gasteiger partial charge in [0.15, 0.2) is 0 Å². The summed E-state index contributed by atoms with van der Waals surface area (Å²) in [5.74, 6) is 1.73. The van der Waals surface area contributed by atoms with Gasteiger partial charge in [-0.05, 0) is 38.1 Å². The van der Waals surface area contributed by atoms with E-state index in [0.717, 1.165) is 38.0 Å². The molecule has 1 fully saturated rings. The van der Waals surface area contributed by atoms with Gasteiger partial charge in [-0.15, -0.1) is 0 Å². The van der Waals surface area contributed by atoms with E-state index >= 15 is 0 Å². The van der Waals surface area contributed by atoms with E-state index in [1.165, 1.54) is 25.7 Å². The van der Waals surface area contributed by atoms with Crippen LogP contribution in [0.15, 0.2) is 0 Å². The highest BCUT2D eigenvalue weighted by Gasteiger charge is 2.27. The average Bonchev–Trinajstić information content (AvgIpc) is 2.33. The molecule has 1 rings (SSSR count). The molecule has 3 nitrogen and oxygen atoms in total. The second-order valence-electron chi connectivity index (χ2n) is 5.65.